The van der Waals surface area contributed by atoms with E-state index in [0.29, 0.717) is 0 Å². The number of benzene rings is 1. The smallest absolute Gasteiger partial charge is 0.322 e. The van der Waals surface area contributed by atoms with Crippen LogP contribution < -0.4 is 4.72 Å². The van der Waals surface area contributed by atoms with Crippen LogP contribution in [0.3, 0.4) is 0 Å². The Bertz CT molecular complexity index is 663. The summed E-state index contributed by atoms with van der Waals surface area (Å²) in [6.07, 6.45) is -0.690. The topological polar surface area (TPSA) is 110 Å². The third-order valence-corrected chi connectivity index (χ3v) is 4.51. The molecule has 1 rings (SSSR count). The van der Waals surface area contributed by atoms with E-state index in [9.17, 15) is 22.4 Å². The summed E-state index contributed by atoms with van der Waals surface area (Å²) in [6.45, 7) is 0. The second kappa shape index (κ2) is 6.96. The zero-order valence-corrected chi connectivity index (χ0v) is 13.1. The Balaban J connectivity index is 3.03. The number of nitrogens with one attached hydrogen (secondary N) is 1. The quantitative estimate of drug-likeness (QED) is 0.705. The van der Waals surface area contributed by atoms with Crippen LogP contribution in [-0.4, -0.2) is 38.6 Å². The van der Waals surface area contributed by atoms with Gasteiger partial charge in [0.1, 0.15) is 11.9 Å². The summed E-state index contributed by atoms with van der Waals surface area (Å²) in [5, 5.41) is 8.91. The molecule has 2 N–H and O–H groups in total. The van der Waals surface area contributed by atoms with Crippen LogP contribution in [0.15, 0.2) is 27.6 Å². The molecule has 0 radical (unpaired) electrons. The number of carbonyl (C=O) groups is 2. The molecule has 7 nitrogen and oxygen atoms in total. The summed E-state index contributed by atoms with van der Waals surface area (Å²) in [5.74, 6) is -3.27. The Morgan fingerprint density at radius 2 is 2.10 bits per heavy atom. The van der Waals surface area contributed by atoms with Crippen molar-refractivity contribution in [3.8, 4) is 0 Å². The fourth-order valence-corrected chi connectivity index (χ4v) is 2.78. The molecule has 1 aromatic carbocycles. The molecule has 0 heterocycles. The zero-order chi connectivity index (χ0) is 16.2. The molecule has 0 bridgehead atoms. The normalized spacial score (nSPS) is 12.7. The minimum absolute atomic E-state index is 0.0609. The Morgan fingerprint density at radius 3 is 2.57 bits per heavy atom. The standard InChI is InChI=1S/C11H11BrFNO6S/c1-20-10(15)5-9(11(16)17)14-21(18,19)6-2-3-7(12)8(13)4-6/h2-4,9,14H,5H2,1H3,(H,16,17)/t9-/m0/s1. The van der Waals surface area contributed by atoms with Gasteiger partial charge in [-0.15, -0.1) is 0 Å². The molecule has 0 fully saturated rings. The number of aliphatic carboxylic acids is 1. The summed E-state index contributed by atoms with van der Waals surface area (Å²) < 4.78 is 43.4. The number of halogens is 2. The summed E-state index contributed by atoms with van der Waals surface area (Å²) >= 11 is 2.87. The molecule has 1 atom stereocenters. The van der Waals surface area contributed by atoms with Gasteiger partial charge in [-0.05, 0) is 34.1 Å². The maximum Gasteiger partial charge on any atom is 0.322 e. The Kier molecular flexibility index (Phi) is 5.81. The molecule has 0 aliphatic carbocycles. The van der Waals surface area contributed by atoms with Crippen LogP contribution >= 0.6 is 15.9 Å². The predicted octanol–water partition coefficient (Wildman–Crippen LogP) is 0.883. The fourth-order valence-electron chi connectivity index (χ4n) is 1.33. The highest BCUT2D eigenvalue weighted by Gasteiger charge is 2.28. The molecule has 0 aliphatic rings. The minimum Gasteiger partial charge on any atom is -0.480 e. The molecule has 1 aromatic rings. The zero-order valence-electron chi connectivity index (χ0n) is 10.7. The molecule has 0 aliphatic heterocycles. The second-order valence-corrected chi connectivity index (χ2v) is 6.44. The van der Waals surface area contributed by atoms with Crippen LogP contribution in [0.1, 0.15) is 6.42 Å². The number of carboxylic acid groups (broad SMARTS) is 1. The van der Waals surface area contributed by atoms with E-state index in [4.69, 9.17) is 5.11 Å². The van der Waals surface area contributed by atoms with Crippen LogP contribution in [0.2, 0.25) is 0 Å². The van der Waals surface area contributed by atoms with E-state index in [-0.39, 0.29) is 4.47 Å². The van der Waals surface area contributed by atoms with Crippen LogP contribution in [0, 0.1) is 5.82 Å². The van der Waals surface area contributed by atoms with Gasteiger partial charge < -0.3 is 9.84 Å². The van der Waals surface area contributed by atoms with Crippen LogP contribution in [-0.2, 0) is 24.3 Å². The van der Waals surface area contributed by atoms with Gasteiger partial charge in [-0.2, -0.15) is 4.72 Å². The molecule has 0 spiro atoms. The van der Waals surface area contributed by atoms with Crippen LogP contribution in [0.5, 0.6) is 0 Å². The van der Waals surface area contributed by atoms with Crippen molar-refractivity contribution in [2.24, 2.45) is 0 Å². The van der Waals surface area contributed by atoms with Crippen molar-refractivity contribution in [1.82, 2.24) is 4.72 Å². The third kappa shape index (κ3) is 4.76. The van der Waals surface area contributed by atoms with E-state index in [1.165, 1.54) is 6.07 Å². The van der Waals surface area contributed by atoms with E-state index in [2.05, 4.69) is 20.7 Å². The highest BCUT2D eigenvalue weighted by Crippen LogP contribution is 2.19. The number of methoxy groups -OCH3 is 1. The molecule has 10 heteroatoms. The highest BCUT2D eigenvalue weighted by molar-refractivity contribution is 9.10. The van der Waals surface area contributed by atoms with Gasteiger partial charge in [0.05, 0.1) is 22.9 Å². The lowest BCUT2D eigenvalue weighted by Crippen LogP contribution is -2.42. The Hall–Kier alpha value is -1.52. The van der Waals surface area contributed by atoms with E-state index in [0.717, 1.165) is 19.2 Å². The number of rotatable bonds is 6. The van der Waals surface area contributed by atoms with Gasteiger partial charge in [0, 0.05) is 0 Å². The number of ether oxygens (including phenoxy) is 1. The predicted molar refractivity (Wildman–Crippen MR) is 72.5 cm³/mol. The number of carbonyl (C=O) groups excluding carboxylic acids is 1. The number of hydrogen-bond acceptors (Lipinski definition) is 5. The average molecular weight is 384 g/mol. The Morgan fingerprint density at radius 1 is 1.48 bits per heavy atom. The molecule has 0 saturated heterocycles. The first-order chi connectivity index (χ1) is 9.67. The van der Waals surface area contributed by atoms with E-state index < -0.39 is 45.1 Å². The van der Waals surface area contributed by atoms with Crippen molar-refractivity contribution < 1.29 is 32.2 Å². The van der Waals surface area contributed by atoms with Crippen molar-refractivity contribution in [2.75, 3.05) is 7.11 Å². The fraction of sp³-hybridized carbons (Fsp3) is 0.273. The molecular formula is C11H11BrFNO6S. The highest BCUT2D eigenvalue weighted by atomic mass is 79.9. The first kappa shape index (κ1) is 17.5. The molecular weight excluding hydrogens is 373 g/mol. The molecule has 0 amide bonds. The van der Waals surface area contributed by atoms with Gasteiger partial charge in [0.15, 0.2) is 0 Å². The third-order valence-electron chi connectivity index (χ3n) is 2.40. The number of carboxylic acids is 1. The SMILES string of the molecule is COC(=O)C[C@H](NS(=O)(=O)c1ccc(Br)c(F)c1)C(=O)O. The molecule has 0 unspecified atom stereocenters. The van der Waals surface area contributed by atoms with Crippen molar-refractivity contribution in [3.63, 3.8) is 0 Å². The molecule has 0 saturated carbocycles. The van der Waals surface area contributed by atoms with Crippen LogP contribution in [0.4, 0.5) is 4.39 Å². The lowest BCUT2D eigenvalue weighted by atomic mass is 10.2. The van der Waals surface area contributed by atoms with Crippen molar-refractivity contribution in [2.45, 2.75) is 17.4 Å². The second-order valence-electron chi connectivity index (χ2n) is 3.87. The van der Waals surface area contributed by atoms with Gasteiger partial charge in [-0.25, -0.2) is 12.8 Å². The average Bonchev–Trinajstić information content (AvgIpc) is 2.40. The van der Waals surface area contributed by atoms with Gasteiger partial charge in [0.25, 0.3) is 0 Å². The number of hydrogen-bond donors (Lipinski definition) is 2. The maximum absolute atomic E-state index is 13.3. The first-order valence-corrected chi connectivity index (χ1v) is 7.72. The number of sulfonamides is 1. The lowest BCUT2D eigenvalue weighted by Gasteiger charge is -2.14. The molecule has 21 heavy (non-hydrogen) atoms. The van der Waals surface area contributed by atoms with Gasteiger partial charge in [-0.3, -0.25) is 9.59 Å². The largest absolute Gasteiger partial charge is 0.480 e. The lowest BCUT2D eigenvalue weighted by molar-refractivity contribution is -0.147. The van der Waals surface area contributed by atoms with Crippen molar-refractivity contribution in [1.29, 1.82) is 0 Å². The summed E-state index contributed by atoms with van der Waals surface area (Å²) in [5.41, 5.74) is 0. The summed E-state index contributed by atoms with van der Waals surface area (Å²) in [6, 6.07) is 1.27. The molecule has 116 valence electrons. The monoisotopic (exact) mass is 383 g/mol. The first-order valence-electron chi connectivity index (χ1n) is 5.44. The maximum atomic E-state index is 13.3. The summed E-state index contributed by atoms with van der Waals surface area (Å²) in [4.78, 5) is 21.6. The van der Waals surface area contributed by atoms with Gasteiger partial charge >= 0.3 is 11.9 Å². The van der Waals surface area contributed by atoms with E-state index in [1.807, 2.05) is 4.72 Å². The van der Waals surface area contributed by atoms with Crippen molar-refractivity contribution >= 4 is 37.9 Å². The minimum atomic E-state index is -4.30. The van der Waals surface area contributed by atoms with Crippen LogP contribution in [0.25, 0.3) is 0 Å². The Labute approximate surface area is 128 Å². The summed E-state index contributed by atoms with van der Waals surface area (Å²) in [7, 11) is -3.26. The molecule has 0 aromatic heterocycles. The number of esters is 1. The van der Waals surface area contributed by atoms with Gasteiger partial charge in [0.2, 0.25) is 10.0 Å². The van der Waals surface area contributed by atoms with Gasteiger partial charge in [-0.1, -0.05) is 0 Å². The van der Waals surface area contributed by atoms with E-state index >= 15 is 0 Å². The van der Waals surface area contributed by atoms with Crippen molar-refractivity contribution in [3.05, 3.63) is 28.5 Å². The van der Waals surface area contributed by atoms with E-state index in [1.54, 1.807) is 0 Å².